The minimum atomic E-state index is -4.41. The number of ether oxygens (including phenoxy) is 1. The molecule has 1 heterocycles. The first-order valence-corrected chi connectivity index (χ1v) is 8.89. The van der Waals surface area contributed by atoms with E-state index in [1.165, 1.54) is 18.2 Å². The van der Waals surface area contributed by atoms with E-state index in [9.17, 15) is 22.4 Å². The molecule has 1 aromatic heterocycles. The monoisotopic (exact) mass is 396 g/mol. The van der Waals surface area contributed by atoms with E-state index in [4.69, 9.17) is 4.74 Å². The lowest BCUT2D eigenvalue weighted by Gasteiger charge is -2.20. The van der Waals surface area contributed by atoms with Crippen molar-refractivity contribution in [3.05, 3.63) is 59.7 Å². The van der Waals surface area contributed by atoms with Gasteiger partial charge in [-0.3, -0.25) is 9.78 Å². The predicted molar refractivity (Wildman–Crippen MR) is 94.3 cm³/mol. The molecule has 0 aliphatic heterocycles. The van der Waals surface area contributed by atoms with Gasteiger partial charge in [0, 0.05) is 18.0 Å². The molecule has 1 atom stereocenters. The molecule has 150 valence electrons. The van der Waals surface area contributed by atoms with Gasteiger partial charge in [-0.2, -0.15) is 13.2 Å². The molecular weight excluding hydrogens is 376 g/mol. The summed E-state index contributed by atoms with van der Waals surface area (Å²) >= 11 is 0. The quantitative estimate of drug-likeness (QED) is 0.703. The van der Waals surface area contributed by atoms with Gasteiger partial charge >= 0.3 is 6.18 Å². The summed E-state index contributed by atoms with van der Waals surface area (Å²) in [6.45, 7) is 0.461. The van der Waals surface area contributed by atoms with Gasteiger partial charge in [-0.1, -0.05) is 19.1 Å². The van der Waals surface area contributed by atoms with Crippen molar-refractivity contribution in [2.75, 3.05) is 6.61 Å². The highest BCUT2D eigenvalue weighted by molar-refractivity contribution is 5.78. The van der Waals surface area contributed by atoms with Gasteiger partial charge in [0.15, 0.2) is 6.61 Å². The number of rotatable bonds is 7. The van der Waals surface area contributed by atoms with Gasteiger partial charge < -0.3 is 10.1 Å². The summed E-state index contributed by atoms with van der Waals surface area (Å²) in [7, 11) is 0. The molecule has 1 aliphatic rings. The molecule has 4 nitrogen and oxygen atoms in total. The van der Waals surface area contributed by atoms with E-state index in [2.05, 4.69) is 10.3 Å². The van der Waals surface area contributed by atoms with Crippen LogP contribution in [0.25, 0.3) is 0 Å². The molecule has 3 rings (SSSR count). The molecular formula is C20H20F4N2O2. The number of hydrogen-bond acceptors (Lipinski definition) is 3. The number of amides is 1. The maximum absolute atomic E-state index is 13.0. The topological polar surface area (TPSA) is 51.2 Å². The number of carbonyl (C=O) groups excluding carboxylic acids is 1. The molecule has 0 bridgehead atoms. The molecule has 1 fully saturated rings. The Hall–Kier alpha value is -2.64. The van der Waals surface area contributed by atoms with Crippen molar-refractivity contribution < 1.29 is 27.1 Å². The molecule has 0 saturated heterocycles. The molecule has 28 heavy (non-hydrogen) atoms. The van der Waals surface area contributed by atoms with Crippen LogP contribution in [0.5, 0.6) is 5.75 Å². The van der Waals surface area contributed by atoms with Crippen LogP contribution in [0.4, 0.5) is 17.6 Å². The summed E-state index contributed by atoms with van der Waals surface area (Å²) in [5, 5.41) is 2.98. The van der Waals surface area contributed by atoms with Crippen molar-refractivity contribution in [1.82, 2.24) is 10.3 Å². The second-order valence-electron chi connectivity index (χ2n) is 7.07. The molecule has 1 unspecified atom stereocenters. The van der Waals surface area contributed by atoms with Crippen LogP contribution in [-0.2, 0) is 10.3 Å². The van der Waals surface area contributed by atoms with Crippen LogP contribution in [0.3, 0.4) is 0 Å². The Kier molecular flexibility index (Phi) is 5.58. The molecule has 1 aromatic carbocycles. The molecule has 1 N–H and O–H groups in total. The lowest BCUT2D eigenvalue weighted by molar-refractivity contribution is -0.153. The van der Waals surface area contributed by atoms with E-state index in [1.807, 2.05) is 6.92 Å². The number of pyridine rings is 1. The van der Waals surface area contributed by atoms with Crippen LogP contribution < -0.4 is 10.1 Å². The zero-order chi connectivity index (χ0) is 20.4. The van der Waals surface area contributed by atoms with Gasteiger partial charge in [0.2, 0.25) is 5.91 Å². The zero-order valence-corrected chi connectivity index (χ0v) is 15.2. The number of benzene rings is 1. The summed E-state index contributed by atoms with van der Waals surface area (Å²) in [4.78, 5) is 16.5. The highest BCUT2D eigenvalue weighted by Gasteiger charge is 2.46. The van der Waals surface area contributed by atoms with E-state index < -0.39 is 24.1 Å². The van der Waals surface area contributed by atoms with Gasteiger partial charge in [-0.05, 0) is 42.7 Å². The Labute approximate surface area is 159 Å². The molecule has 0 spiro atoms. The second kappa shape index (κ2) is 7.77. The normalized spacial score (nSPS) is 16.3. The molecule has 1 amide bonds. The molecule has 0 radical (unpaired) electrons. The van der Waals surface area contributed by atoms with Gasteiger partial charge in [0.1, 0.15) is 11.6 Å². The maximum atomic E-state index is 13.0. The number of aromatic nitrogens is 1. The summed E-state index contributed by atoms with van der Waals surface area (Å²) in [6.07, 6.45) is -1.73. The minimum Gasteiger partial charge on any atom is -0.484 e. The van der Waals surface area contributed by atoms with Crippen molar-refractivity contribution in [2.24, 2.45) is 0 Å². The van der Waals surface area contributed by atoms with Gasteiger partial charge in [0.25, 0.3) is 0 Å². The summed E-state index contributed by atoms with van der Waals surface area (Å²) in [6, 6.07) is 9.20. The zero-order valence-electron chi connectivity index (χ0n) is 15.2. The Bertz CT molecular complexity index is 833. The third-order valence-electron chi connectivity index (χ3n) is 4.66. The third kappa shape index (κ3) is 5.21. The van der Waals surface area contributed by atoms with Crippen molar-refractivity contribution in [2.45, 2.75) is 43.8 Å². The lowest BCUT2D eigenvalue weighted by atomic mass is 10.0. The van der Waals surface area contributed by atoms with Crippen molar-refractivity contribution >= 4 is 5.91 Å². The Morgan fingerprint density at radius 3 is 2.64 bits per heavy atom. The fourth-order valence-corrected chi connectivity index (χ4v) is 3.04. The average Bonchev–Trinajstić information content (AvgIpc) is 3.40. The van der Waals surface area contributed by atoms with Gasteiger partial charge in [-0.15, -0.1) is 0 Å². The Morgan fingerprint density at radius 2 is 2.04 bits per heavy atom. The largest absolute Gasteiger partial charge is 0.484 e. The number of carbonyl (C=O) groups is 1. The fourth-order valence-electron chi connectivity index (χ4n) is 3.04. The maximum Gasteiger partial charge on any atom is 0.422 e. The first-order chi connectivity index (χ1) is 13.2. The van der Waals surface area contributed by atoms with E-state index in [1.54, 1.807) is 18.2 Å². The summed E-state index contributed by atoms with van der Waals surface area (Å²) < 4.78 is 54.8. The smallest absolute Gasteiger partial charge is 0.422 e. The van der Waals surface area contributed by atoms with Crippen LogP contribution in [-0.4, -0.2) is 23.7 Å². The number of halogens is 4. The lowest BCUT2D eigenvalue weighted by Crippen LogP contribution is -2.35. The SMILES string of the molecule is CC(CC(=O)NC1(c2cccc(OCC(F)(F)F)c2)CC1)c1ccc(F)cn1. The summed E-state index contributed by atoms with van der Waals surface area (Å²) in [5.41, 5.74) is 0.752. The first-order valence-electron chi connectivity index (χ1n) is 8.89. The van der Waals surface area contributed by atoms with Crippen LogP contribution >= 0.6 is 0 Å². The predicted octanol–water partition coefficient (Wildman–Crippen LogP) is 4.46. The highest BCUT2D eigenvalue weighted by Crippen LogP contribution is 2.46. The highest BCUT2D eigenvalue weighted by atomic mass is 19.4. The summed E-state index contributed by atoms with van der Waals surface area (Å²) in [5.74, 6) is -0.722. The third-order valence-corrected chi connectivity index (χ3v) is 4.66. The van der Waals surface area contributed by atoms with E-state index in [0.29, 0.717) is 24.1 Å². The molecule has 1 aliphatic carbocycles. The average molecular weight is 396 g/mol. The Balaban J connectivity index is 1.62. The first kappa shape index (κ1) is 20.1. The van der Waals surface area contributed by atoms with Gasteiger partial charge in [0.05, 0.1) is 11.7 Å². The van der Waals surface area contributed by atoms with Crippen LogP contribution in [0.2, 0.25) is 0 Å². The molecule has 8 heteroatoms. The molecule has 1 saturated carbocycles. The van der Waals surface area contributed by atoms with Crippen molar-refractivity contribution in [3.63, 3.8) is 0 Å². The van der Waals surface area contributed by atoms with Crippen molar-refractivity contribution in [3.8, 4) is 5.75 Å². The number of alkyl halides is 3. The van der Waals surface area contributed by atoms with Crippen LogP contribution in [0.1, 0.15) is 43.4 Å². The standard InChI is InChI=1S/C20H20F4N2O2/c1-13(17-6-5-15(21)11-25-17)9-18(27)26-19(7-8-19)14-3-2-4-16(10-14)28-12-20(22,23)24/h2-6,10-11,13H,7-9,12H2,1H3,(H,26,27). The minimum absolute atomic E-state index is 0.110. The number of hydrogen-bond donors (Lipinski definition) is 1. The van der Waals surface area contributed by atoms with Crippen molar-refractivity contribution in [1.29, 1.82) is 0 Å². The Morgan fingerprint density at radius 1 is 1.29 bits per heavy atom. The number of nitrogens with zero attached hydrogens (tertiary/aromatic N) is 1. The molecule has 2 aromatic rings. The van der Waals surface area contributed by atoms with Gasteiger partial charge in [-0.25, -0.2) is 4.39 Å². The second-order valence-corrected chi connectivity index (χ2v) is 7.07. The van der Waals surface area contributed by atoms with E-state index in [0.717, 1.165) is 6.20 Å². The van der Waals surface area contributed by atoms with E-state index in [-0.39, 0.29) is 24.0 Å². The number of nitrogens with one attached hydrogen (secondary N) is 1. The van der Waals surface area contributed by atoms with E-state index >= 15 is 0 Å². The fraction of sp³-hybridized carbons (Fsp3) is 0.400. The van der Waals surface area contributed by atoms with Crippen LogP contribution in [0.15, 0.2) is 42.6 Å². The van der Waals surface area contributed by atoms with Crippen LogP contribution in [0, 0.1) is 5.82 Å².